The van der Waals surface area contributed by atoms with Crippen LogP contribution in [0.3, 0.4) is 0 Å². The third-order valence-corrected chi connectivity index (χ3v) is 5.11. The molecule has 1 unspecified atom stereocenters. The van der Waals surface area contributed by atoms with E-state index in [0.717, 1.165) is 19.0 Å². The first kappa shape index (κ1) is 22.3. The molecular formula is C21H37N5O2. The van der Waals surface area contributed by atoms with Gasteiger partial charge < -0.3 is 20.4 Å². The lowest BCUT2D eigenvalue weighted by Crippen LogP contribution is -2.45. The molecule has 1 amide bonds. The first-order valence-electron chi connectivity index (χ1n) is 10.7. The van der Waals surface area contributed by atoms with Gasteiger partial charge in [0.1, 0.15) is 0 Å². The van der Waals surface area contributed by atoms with Crippen LogP contribution in [0.5, 0.6) is 0 Å². The molecule has 1 aliphatic heterocycles. The Hall–Kier alpha value is -2.02. The largest absolute Gasteiger partial charge is 0.459 e. The van der Waals surface area contributed by atoms with Crippen molar-refractivity contribution in [1.82, 2.24) is 20.9 Å². The van der Waals surface area contributed by atoms with E-state index in [1.165, 1.54) is 45.0 Å². The van der Waals surface area contributed by atoms with Crippen molar-refractivity contribution in [3.8, 4) is 0 Å². The molecule has 2 heterocycles. The highest BCUT2D eigenvalue weighted by atomic mass is 16.3. The number of hydrogen-bond acceptors (Lipinski definition) is 4. The summed E-state index contributed by atoms with van der Waals surface area (Å²) in [5, 5.41) is 9.44. The van der Waals surface area contributed by atoms with E-state index < -0.39 is 0 Å². The molecule has 2 rings (SSSR count). The van der Waals surface area contributed by atoms with Crippen LogP contribution in [-0.4, -0.2) is 62.1 Å². The summed E-state index contributed by atoms with van der Waals surface area (Å²) in [6, 6.07) is 3.83. The van der Waals surface area contributed by atoms with Crippen LogP contribution in [0.25, 0.3) is 0 Å². The van der Waals surface area contributed by atoms with Gasteiger partial charge in [0.05, 0.1) is 12.8 Å². The van der Waals surface area contributed by atoms with E-state index in [0.29, 0.717) is 30.8 Å². The van der Waals surface area contributed by atoms with Crippen LogP contribution in [-0.2, 0) is 0 Å². The number of aliphatic imine (C=N–C) groups is 1. The molecule has 0 aromatic carbocycles. The molecule has 1 fully saturated rings. The van der Waals surface area contributed by atoms with Crippen molar-refractivity contribution in [2.75, 3.05) is 39.3 Å². The molecule has 0 bridgehead atoms. The molecule has 0 spiro atoms. The van der Waals surface area contributed by atoms with Crippen LogP contribution in [0.15, 0.2) is 27.8 Å². The summed E-state index contributed by atoms with van der Waals surface area (Å²) in [5.41, 5.74) is 0. The van der Waals surface area contributed by atoms with Crippen molar-refractivity contribution in [3.05, 3.63) is 24.2 Å². The van der Waals surface area contributed by atoms with Crippen molar-refractivity contribution in [2.24, 2.45) is 10.9 Å². The van der Waals surface area contributed by atoms with Crippen molar-refractivity contribution < 1.29 is 9.21 Å². The summed E-state index contributed by atoms with van der Waals surface area (Å²) in [7, 11) is 0. The van der Waals surface area contributed by atoms with Gasteiger partial charge >= 0.3 is 0 Å². The number of furan rings is 1. The molecule has 7 nitrogen and oxygen atoms in total. The van der Waals surface area contributed by atoms with Crippen LogP contribution in [0.2, 0.25) is 0 Å². The van der Waals surface area contributed by atoms with Gasteiger partial charge in [-0.05, 0) is 50.9 Å². The molecule has 7 heteroatoms. The molecule has 158 valence electrons. The number of nitrogens with zero attached hydrogens (tertiary/aromatic N) is 2. The predicted molar refractivity (Wildman–Crippen MR) is 114 cm³/mol. The van der Waals surface area contributed by atoms with Crippen molar-refractivity contribution in [3.63, 3.8) is 0 Å². The Morgan fingerprint density at radius 1 is 1.14 bits per heavy atom. The number of amides is 1. The van der Waals surface area contributed by atoms with E-state index in [2.05, 4.69) is 41.6 Å². The van der Waals surface area contributed by atoms with Crippen molar-refractivity contribution in [2.45, 2.75) is 52.5 Å². The molecule has 0 radical (unpaired) electrons. The second-order valence-corrected chi connectivity index (χ2v) is 7.64. The van der Waals surface area contributed by atoms with Crippen LogP contribution < -0.4 is 16.0 Å². The Morgan fingerprint density at radius 2 is 1.86 bits per heavy atom. The highest BCUT2D eigenvalue weighted by Crippen LogP contribution is 2.17. The lowest BCUT2D eigenvalue weighted by Gasteiger charge is -2.32. The van der Waals surface area contributed by atoms with E-state index >= 15 is 0 Å². The summed E-state index contributed by atoms with van der Waals surface area (Å²) < 4.78 is 5.09. The van der Waals surface area contributed by atoms with E-state index in [-0.39, 0.29) is 5.91 Å². The second-order valence-electron chi connectivity index (χ2n) is 7.64. The van der Waals surface area contributed by atoms with Gasteiger partial charge in [-0.15, -0.1) is 0 Å². The van der Waals surface area contributed by atoms with Gasteiger partial charge in [0.2, 0.25) is 0 Å². The molecule has 28 heavy (non-hydrogen) atoms. The normalized spacial score (nSPS) is 17.2. The second kappa shape index (κ2) is 12.4. The third kappa shape index (κ3) is 7.54. The maximum absolute atomic E-state index is 11.9. The number of rotatable bonds is 9. The highest BCUT2D eigenvalue weighted by molar-refractivity contribution is 5.91. The van der Waals surface area contributed by atoms with E-state index in [1.54, 1.807) is 12.1 Å². The minimum atomic E-state index is -0.199. The van der Waals surface area contributed by atoms with Gasteiger partial charge in [0.25, 0.3) is 5.91 Å². The first-order valence-corrected chi connectivity index (χ1v) is 10.7. The number of carbonyl (C=O) groups excluding carboxylic acids is 1. The molecule has 1 saturated heterocycles. The molecule has 0 saturated carbocycles. The monoisotopic (exact) mass is 391 g/mol. The fourth-order valence-electron chi connectivity index (χ4n) is 3.55. The Balaban J connectivity index is 1.82. The van der Waals surface area contributed by atoms with Gasteiger partial charge in [0, 0.05) is 25.7 Å². The molecule has 3 N–H and O–H groups in total. The first-order chi connectivity index (χ1) is 13.6. The maximum atomic E-state index is 11.9. The molecule has 1 aromatic rings. The number of guanidine groups is 1. The summed E-state index contributed by atoms with van der Waals surface area (Å²) in [4.78, 5) is 19.3. The summed E-state index contributed by atoms with van der Waals surface area (Å²) in [6.45, 7) is 11.7. The van der Waals surface area contributed by atoms with Gasteiger partial charge in [-0.25, -0.2) is 0 Å². The quantitative estimate of drug-likeness (QED) is 0.342. The van der Waals surface area contributed by atoms with Gasteiger partial charge in [-0.2, -0.15) is 0 Å². The Kier molecular flexibility index (Phi) is 9.90. The summed E-state index contributed by atoms with van der Waals surface area (Å²) in [6.07, 6.45) is 6.77. The Labute approximate surface area is 169 Å². The van der Waals surface area contributed by atoms with Crippen molar-refractivity contribution >= 4 is 11.9 Å². The van der Waals surface area contributed by atoms with Gasteiger partial charge in [-0.3, -0.25) is 14.7 Å². The molecular weight excluding hydrogens is 354 g/mol. The van der Waals surface area contributed by atoms with Crippen LogP contribution in [0.1, 0.15) is 57.0 Å². The Bertz CT molecular complexity index is 578. The zero-order valence-corrected chi connectivity index (χ0v) is 17.7. The highest BCUT2D eigenvalue weighted by Gasteiger charge is 2.22. The number of nitrogens with one attached hydrogen (secondary N) is 3. The van der Waals surface area contributed by atoms with Gasteiger partial charge in [-0.1, -0.05) is 26.7 Å². The van der Waals surface area contributed by atoms with Crippen LogP contribution in [0, 0.1) is 5.92 Å². The minimum absolute atomic E-state index is 0.199. The topological polar surface area (TPSA) is 81.9 Å². The number of hydrogen-bond donors (Lipinski definition) is 3. The number of carbonyl (C=O) groups is 1. The molecule has 1 atom stereocenters. The zero-order valence-electron chi connectivity index (χ0n) is 17.7. The average molecular weight is 392 g/mol. The minimum Gasteiger partial charge on any atom is -0.459 e. The molecule has 1 aromatic heterocycles. The van der Waals surface area contributed by atoms with E-state index in [9.17, 15) is 4.79 Å². The average Bonchev–Trinajstić information content (AvgIpc) is 3.09. The third-order valence-electron chi connectivity index (χ3n) is 5.11. The standard InChI is InChI=1S/C21H37N5O2/c1-4-22-21(24-12-11-23-20(27)19-10-9-15-28-19)25-16-18(17(2)3)26-13-7-5-6-8-14-26/h9-10,15,17-18H,4-8,11-14,16H2,1-3H3,(H,23,27)(H2,22,24,25). The van der Waals surface area contributed by atoms with E-state index in [4.69, 9.17) is 9.41 Å². The summed E-state index contributed by atoms with van der Waals surface area (Å²) in [5.74, 6) is 1.50. The summed E-state index contributed by atoms with van der Waals surface area (Å²) >= 11 is 0. The van der Waals surface area contributed by atoms with Gasteiger partial charge in [0.15, 0.2) is 11.7 Å². The van der Waals surface area contributed by atoms with E-state index in [1.807, 2.05) is 0 Å². The Morgan fingerprint density at radius 3 is 2.46 bits per heavy atom. The smallest absolute Gasteiger partial charge is 0.287 e. The van der Waals surface area contributed by atoms with Crippen LogP contribution in [0.4, 0.5) is 0 Å². The SMILES string of the molecule is CCNC(=NCC(C(C)C)N1CCCCCC1)NCCNC(=O)c1ccco1. The maximum Gasteiger partial charge on any atom is 0.287 e. The fraction of sp³-hybridized carbons (Fsp3) is 0.714. The zero-order chi connectivity index (χ0) is 20.2. The lowest BCUT2D eigenvalue weighted by molar-refractivity contribution is 0.0926. The fourth-order valence-corrected chi connectivity index (χ4v) is 3.55. The van der Waals surface area contributed by atoms with Crippen molar-refractivity contribution in [1.29, 1.82) is 0 Å². The predicted octanol–water partition coefficient (Wildman–Crippen LogP) is 2.47. The molecule has 0 aliphatic carbocycles. The molecule has 1 aliphatic rings. The lowest BCUT2D eigenvalue weighted by atomic mass is 10.0. The number of likely N-dealkylation sites (tertiary alicyclic amines) is 1. The van der Waals surface area contributed by atoms with Crippen LogP contribution >= 0.6 is 0 Å².